The number of benzene rings is 1. The molecule has 3 aromatic rings. The zero-order valence-electron chi connectivity index (χ0n) is 9.95. The lowest BCUT2D eigenvalue weighted by molar-refractivity contribution is -0.384. The van der Waals surface area contributed by atoms with Crippen molar-refractivity contribution in [1.82, 2.24) is 4.98 Å². The van der Waals surface area contributed by atoms with Gasteiger partial charge >= 0.3 is 0 Å². The summed E-state index contributed by atoms with van der Waals surface area (Å²) >= 11 is 6.65. The lowest BCUT2D eigenvalue weighted by Gasteiger charge is -1.96. The molecule has 0 amide bonds. The first-order valence-corrected chi connectivity index (χ1v) is 8.14. The zero-order valence-corrected chi connectivity index (χ0v) is 13.2. The number of non-ortho nitro benzene ring substituents is 1. The monoisotopic (exact) mass is 366 g/mol. The second-order valence-electron chi connectivity index (χ2n) is 3.94. The van der Waals surface area contributed by atoms with E-state index in [9.17, 15) is 10.1 Å². The van der Waals surface area contributed by atoms with Crippen molar-refractivity contribution in [3.63, 3.8) is 0 Å². The summed E-state index contributed by atoms with van der Waals surface area (Å²) in [5.74, 6) is 0. The van der Waals surface area contributed by atoms with Gasteiger partial charge in [0.05, 0.1) is 15.5 Å². The average molecular weight is 367 g/mol. The topological polar surface area (TPSA) is 56.0 Å². The van der Waals surface area contributed by atoms with E-state index in [1.807, 2.05) is 16.8 Å². The first-order chi connectivity index (χ1) is 9.65. The van der Waals surface area contributed by atoms with Crippen LogP contribution in [0.1, 0.15) is 0 Å². The minimum Gasteiger partial charge on any atom is -0.258 e. The highest BCUT2D eigenvalue weighted by atomic mass is 79.9. The van der Waals surface area contributed by atoms with E-state index in [-0.39, 0.29) is 5.69 Å². The molecule has 0 spiro atoms. The van der Waals surface area contributed by atoms with Crippen molar-refractivity contribution >= 4 is 44.3 Å². The van der Waals surface area contributed by atoms with E-state index in [0.29, 0.717) is 0 Å². The van der Waals surface area contributed by atoms with Gasteiger partial charge in [0.25, 0.3) is 5.69 Å². The maximum Gasteiger partial charge on any atom is 0.269 e. The van der Waals surface area contributed by atoms with Crippen LogP contribution in [0.3, 0.4) is 0 Å². The van der Waals surface area contributed by atoms with Crippen LogP contribution in [0.2, 0.25) is 0 Å². The molecular weight excluding hydrogens is 360 g/mol. The number of aromatic nitrogens is 1. The molecular formula is C13H7BrN2O2S2. The molecule has 0 saturated carbocycles. The van der Waals surface area contributed by atoms with E-state index >= 15 is 0 Å². The van der Waals surface area contributed by atoms with Gasteiger partial charge in [-0.05, 0) is 39.5 Å². The van der Waals surface area contributed by atoms with E-state index in [0.717, 1.165) is 25.6 Å². The Hall–Kier alpha value is -1.57. The summed E-state index contributed by atoms with van der Waals surface area (Å²) in [4.78, 5) is 15.9. The van der Waals surface area contributed by atoms with E-state index in [2.05, 4.69) is 20.9 Å². The van der Waals surface area contributed by atoms with Gasteiger partial charge in [-0.1, -0.05) is 0 Å². The predicted molar refractivity (Wildman–Crippen MR) is 85.2 cm³/mol. The van der Waals surface area contributed by atoms with Crippen LogP contribution >= 0.6 is 38.6 Å². The van der Waals surface area contributed by atoms with E-state index in [4.69, 9.17) is 0 Å². The van der Waals surface area contributed by atoms with Gasteiger partial charge in [-0.25, -0.2) is 4.98 Å². The lowest BCUT2D eigenvalue weighted by atomic mass is 10.2. The molecule has 0 fully saturated rings. The maximum atomic E-state index is 10.6. The Morgan fingerprint density at radius 1 is 1.15 bits per heavy atom. The maximum absolute atomic E-state index is 10.6. The number of nitrogens with zero attached hydrogens (tertiary/aromatic N) is 2. The van der Waals surface area contributed by atoms with Crippen molar-refractivity contribution in [2.45, 2.75) is 0 Å². The highest BCUT2D eigenvalue weighted by Crippen LogP contribution is 2.36. The number of rotatable bonds is 3. The molecule has 2 heterocycles. The van der Waals surface area contributed by atoms with Crippen LogP contribution in [0.4, 0.5) is 5.69 Å². The molecule has 2 aromatic heterocycles. The molecule has 0 bridgehead atoms. The second-order valence-corrected chi connectivity index (χ2v) is 6.57. The van der Waals surface area contributed by atoms with Gasteiger partial charge in [-0.3, -0.25) is 10.1 Å². The quantitative estimate of drug-likeness (QED) is 0.472. The Morgan fingerprint density at radius 3 is 2.50 bits per heavy atom. The molecule has 20 heavy (non-hydrogen) atoms. The molecule has 0 atom stereocenters. The van der Waals surface area contributed by atoms with Gasteiger partial charge in [-0.15, -0.1) is 22.7 Å². The number of hydrogen-bond donors (Lipinski definition) is 0. The molecule has 1 aromatic carbocycles. The van der Waals surface area contributed by atoms with Gasteiger partial charge in [0.15, 0.2) is 0 Å². The second kappa shape index (κ2) is 5.43. The summed E-state index contributed by atoms with van der Waals surface area (Å²) in [5.41, 5.74) is 1.90. The normalized spacial score (nSPS) is 10.7. The molecule has 3 rings (SSSR count). The SMILES string of the molecule is O=[N+]([O-])c1ccc(-c2nc(-c3sccc3Br)cs2)cc1. The fourth-order valence-corrected chi connectivity index (χ4v) is 4.14. The fraction of sp³-hybridized carbons (Fsp3) is 0. The fourth-order valence-electron chi connectivity index (χ4n) is 1.71. The lowest BCUT2D eigenvalue weighted by Crippen LogP contribution is -1.87. The number of thiophene rings is 1. The molecule has 4 nitrogen and oxygen atoms in total. The standard InChI is InChI=1S/C13H7BrN2O2S2/c14-10-5-6-19-12(10)11-7-20-13(15-11)8-1-3-9(4-2-8)16(17)18/h1-7H. The Kier molecular flexibility index (Phi) is 3.64. The van der Waals surface area contributed by atoms with Gasteiger partial charge in [-0.2, -0.15) is 0 Å². The van der Waals surface area contributed by atoms with Crippen LogP contribution in [0.25, 0.3) is 21.1 Å². The summed E-state index contributed by atoms with van der Waals surface area (Å²) in [6, 6.07) is 8.44. The van der Waals surface area contributed by atoms with Crippen molar-refractivity contribution < 1.29 is 4.92 Å². The molecule has 0 saturated heterocycles. The Balaban J connectivity index is 1.94. The number of hydrogen-bond acceptors (Lipinski definition) is 5. The Bertz CT molecular complexity index is 765. The third-order valence-corrected chi connectivity index (χ3v) is 5.43. The van der Waals surface area contributed by atoms with E-state index < -0.39 is 4.92 Å². The van der Waals surface area contributed by atoms with E-state index in [1.165, 1.54) is 23.5 Å². The van der Waals surface area contributed by atoms with Gasteiger partial charge < -0.3 is 0 Å². The van der Waals surface area contributed by atoms with Crippen LogP contribution in [0.15, 0.2) is 45.6 Å². The summed E-state index contributed by atoms with van der Waals surface area (Å²) in [7, 11) is 0. The molecule has 0 N–H and O–H groups in total. The van der Waals surface area contributed by atoms with Gasteiger partial charge in [0, 0.05) is 27.5 Å². The summed E-state index contributed by atoms with van der Waals surface area (Å²) in [5, 5.41) is 15.5. The summed E-state index contributed by atoms with van der Waals surface area (Å²) in [6.45, 7) is 0. The molecule has 0 aliphatic rings. The molecule has 0 aliphatic heterocycles. The van der Waals surface area contributed by atoms with Crippen molar-refractivity contribution in [1.29, 1.82) is 0 Å². The largest absolute Gasteiger partial charge is 0.269 e. The molecule has 0 aliphatic carbocycles. The Morgan fingerprint density at radius 2 is 1.90 bits per heavy atom. The van der Waals surface area contributed by atoms with Crippen molar-refractivity contribution in [3.05, 3.63) is 55.7 Å². The van der Waals surface area contributed by atoms with Crippen molar-refractivity contribution in [3.8, 4) is 21.1 Å². The molecule has 0 radical (unpaired) electrons. The van der Waals surface area contributed by atoms with Gasteiger partial charge in [0.1, 0.15) is 5.01 Å². The van der Waals surface area contributed by atoms with E-state index in [1.54, 1.807) is 23.5 Å². The van der Waals surface area contributed by atoms with Crippen molar-refractivity contribution in [2.24, 2.45) is 0 Å². The third kappa shape index (κ3) is 2.52. The van der Waals surface area contributed by atoms with Crippen LogP contribution in [0, 0.1) is 10.1 Å². The number of nitro groups is 1. The van der Waals surface area contributed by atoms with Crippen LogP contribution in [-0.4, -0.2) is 9.91 Å². The van der Waals surface area contributed by atoms with Crippen LogP contribution in [0.5, 0.6) is 0 Å². The first-order valence-electron chi connectivity index (χ1n) is 5.59. The number of thiazole rings is 1. The van der Waals surface area contributed by atoms with Crippen LogP contribution in [-0.2, 0) is 0 Å². The summed E-state index contributed by atoms with van der Waals surface area (Å²) < 4.78 is 1.03. The number of halogens is 1. The predicted octanol–water partition coefficient (Wildman–Crippen LogP) is 5.21. The first kappa shape index (κ1) is 13.4. The smallest absolute Gasteiger partial charge is 0.258 e. The third-order valence-electron chi connectivity index (χ3n) is 2.68. The molecule has 7 heteroatoms. The highest BCUT2D eigenvalue weighted by Gasteiger charge is 2.11. The van der Waals surface area contributed by atoms with Gasteiger partial charge in [0.2, 0.25) is 0 Å². The molecule has 0 unspecified atom stereocenters. The minimum absolute atomic E-state index is 0.0894. The zero-order chi connectivity index (χ0) is 14.1. The highest BCUT2D eigenvalue weighted by molar-refractivity contribution is 9.10. The summed E-state index contributed by atoms with van der Waals surface area (Å²) in [6.07, 6.45) is 0. The number of nitro benzene ring substituents is 1. The van der Waals surface area contributed by atoms with Crippen molar-refractivity contribution in [2.75, 3.05) is 0 Å². The average Bonchev–Trinajstić information content (AvgIpc) is 3.07. The minimum atomic E-state index is -0.403. The molecule has 100 valence electrons. The Labute approximate surface area is 131 Å². The van der Waals surface area contributed by atoms with Crippen LogP contribution < -0.4 is 0 Å².